The normalized spacial score (nSPS) is 10.6. The molecule has 1 N–H and O–H groups in total. The van der Waals surface area contributed by atoms with Crippen LogP contribution in [-0.2, 0) is 0 Å². The predicted molar refractivity (Wildman–Crippen MR) is 94.4 cm³/mol. The smallest absolute Gasteiger partial charge is 0.287 e. The molecule has 23 heavy (non-hydrogen) atoms. The molecular weight excluding hydrogens is 415 g/mol. The highest BCUT2D eigenvalue weighted by Crippen LogP contribution is 2.33. The minimum Gasteiger partial charge on any atom is -0.493 e. The van der Waals surface area contributed by atoms with Gasteiger partial charge in [-0.1, -0.05) is 0 Å². The van der Waals surface area contributed by atoms with Crippen molar-refractivity contribution in [3.63, 3.8) is 0 Å². The molecule has 120 valence electrons. The summed E-state index contributed by atoms with van der Waals surface area (Å²) in [6.07, 6.45) is 2.75. The zero-order valence-corrected chi connectivity index (χ0v) is 14.5. The molecule has 0 radical (unpaired) electrons. The number of hydrogen-bond donors (Lipinski definition) is 1. The Morgan fingerprint density at radius 3 is 2.70 bits per heavy atom. The number of anilines is 1. The predicted octanol–water partition coefficient (Wildman–Crippen LogP) is 3.06. The van der Waals surface area contributed by atoms with Gasteiger partial charge in [-0.05, 0) is 46.4 Å². The van der Waals surface area contributed by atoms with Gasteiger partial charge in [0.05, 0.1) is 28.9 Å². The van der Waals surface area contributed by atoms with Gasteiger partial charge < -0.3 is 9.47 Å². The molecule has 1 aromatic heterocycles. The third kappa shape index (κ3) is 4.28. The van der Waals surface area contributed by atoms with Gasteiger partial charge in [-0.25, -0.2) is 4.98 Å². The number of ether oxygens (including phenoxy) is 2. The molecule has 9 heteroatoms. The molecule has 2 aromatic rings. The Hall–Kier alpha value is -2.43. The largest absolute Gasteiger partial charge is 0.493 e. The van der Waals surface area contributed by atoms with Crippen LogP contribution < -0.4 is 14.9 Å². The van der Waals surface area contributed by atoms with Crippen LogP contribution in [0.2, 0.25) is 0 Å². The Balaban J connectivity index is 2.11. The van der Waals surface area contributed by atoms with E-state index in [1.807, 2.05) is 6.07 Å². The van der Waals surface area contributed by atoms with Gasteiger partial charge in [0, 0.05) is 6.07 Å². The lowest BCUT2D eigenvalue weighted by molar-refractivity contribution is -0.385. The SMILES string of the molecule is COc1cc(/C=N/Nc2ccc([N+](=O)[O-])cn2)cc(I)c1OC. The van der Waals surface area contributed by atoms with Gasteiger partial charge >= 0.3 is 0 Å². The Morgan fingerprint density at radius 1 is 1.35 bits per heavy atom. The van der Waals surface area contributed by atoms with Crippen molar-refractivity contribution in [1.29, 1.82) is 0 Å². The second-order valence-corrected chi connectivity index (χ2v) is 5.43. The molecule has 0 amide bonds. The number of methoxy groups -OCH3 is 2. The first-order chi connectivity index (χ1) is 11.0. The number of nitro groups is 1. The summed E-state index contributed by atoms with van der Waals surface area (Å²) in [5, 5.41) is 14.6. The number of nitrogens with one attached hydrogen (secondary N) is 1. The van der Waals surface area contributed by atoms with Crippen LogP contribution in [0.4, 0.5) is 11.5 Å². The van der Waals surface area contributed by atoms with Crippen molar-refractivity contribution >= 4 is 40.3 Å². The summed E-state index contributed by atoms with van der Waals surface area (Å²) < 4.78 is 11.4. The van der Waals surface area contributed by atoms with Crippen molar-refractivity contribution in [3.05, 3.63) is 49.7 Å². The van der Waals surface area contributed by atoms with Gasteiger partial charge in [-0.15, -0.1) is 0 Å². The van der Waals surface area contributed by atoms with Crippen molar-refractivity contribution < 1.29 is 14.4 Å². The van der Waals surface area contributed by atoms with E-state index in [1.165, 1.54) is 12.1 Å². The van der Waals surface area contributed by atoms with E-state index in [2.05, 4.69) is 38.1 Å². The maximum atomic E-state index is 10.5. The molecule has 0 saturated heterocycles. The number of pyridine rings is 1. The van der Waals surface area contributed by atoms with E-state index in [1.54, 1.807) is 26.5 Å². The van der Waals surface area contributed by atoms with Crippen LogP contribution in [0.15, 0.2) is 35.6 Å². The monoisotopic (exact) mass is 428 g/mol. The molecule has 0 unspecified atom stereocenters. The first-order valence-corrected chi connectivity index (χ1v) is 7.44. The Bertz CT molecular complexity index is 734. The van der Waals surface area contributed by atoms with E-state index in [4.69, 9.17) is 9.47 Å². The molecule has 1 heterocycles. The number of hydrogen-bond acceptors (Lipinski definition) is 7. The van der Waals surface area contributed by atoms with Crippen LogP contribution in [-0.4, -0.2) is 30.3 Å². The summed E-state index contributed by atoms with van der Waals surface area (Å²) in [7, 11) is 3.14. The second kappa shape index (κ2) is 7.72. The van der Waals surface area contributed by atoms with Crippen molar-refractivity contribution in [1.82, 2.24) is 4.98 Å². The molecule has 0 aliphatic heterocycles. The van der Waals surface area contributed by atoms with E-state index < -0.39 is 4.92 Å². The first-order valence-electron chi connectivity index (χ1n) is 6.36. The Kier molecular flexibility index (Phi) is 5.68. The zero-order valence-electron chi connectivity index (χ0n) is 12.3. The zero-order chi connectivity index (χ0) is 16.8. The van der Waals surface area contributed by atoms with Crippen LogP contribution in [0, 0.1) is 13.7 Å². The molecule has 8 nitrogen and oxygen atoms in total. The highest BCUT2D eigenvalue weighted by atomic mass is 127. The number of benzene rings is 1. The third-order valence-electron chi connectivity index (χ3n) is 2.81. The molecule has 1 aromatic carbocycles. The standard InChI is InChI=1S/C14H13IN4O4/c1-22-12-6-9(5-11(15)14(12)23-2)7-17-18-13-4-3-10(8-16-13)19(20)21/h3-8H,1-2H3,(H,16,18)/b17-7+. The molecule has 2 rings (SSSR count). The van der Waals surface area contributed by atoms with Gasteiger partial charge in [0.15, 0.2) is 11.5 Å². The third-order valence-corrected chi connectivity index (χ3v) is 3.61. The minimum absolute atomic E-state index is 0.0750. The van der Waals surface area contributed by atoms with E-state index in [0.29, 0.717) is 17.3 Å². The fourth-order valence-electron chi connectivity index (χ4n) is 1.75. The highest BCUT2D eigenvalue weighted by Gasteiger charge is 2.09. The van der Waals surface area contributed by atoms with Crippen molar-refractivity contribution in [2.45, 2.75) is 0 Å². The maximum absolute atomic E-state index is 10.5. The van der Waals surface area contributed by atoms with Gasteiger partial charge in [-0.2, -0.15) is 5.10 Å². The van der Waals surface area contributed by atoms with E-state index >= 15 is 0 Å². The molecule has 0 atom stereocenters. The average Bonchev–Trinajstić information content (AvgIpc) is 2.54. The highest BCUT2D eigenvalue weighted by molar-refractivity contribution is 14.1. The van der Waals surface area contributed by atoms with Crippen molar-refractivity contribution in [3.8, 4) is 11.5 Å². The average molecular weight is 428 g/mol. The molecule has 0 spiro atoms. The van der Waals surface area contributed by atoms with Gasteiger partial charge in [0.25, 0.3) is 5.69 Å². The Morgan fingerprint density at radius 2 is 2.13 bits per heavy atom. The number of halogens is 1. The number of rotatable bonds is 6. The number of hydrazone groups is 1. The lowest BCUT2D eigenvalue weighted by Crippen LogP contribution is -1.97. The maximum Gasteiger partial charge on any atom is 0.287 e. The number of aromatic nitrogens is 1. The van der Waals surface area contributed by atoms with E-state index in [-0.39, 0.29) is 5.69 Å². The van der Waals surface area contributed by atoms with E-state index in [0.717, 1.165) is 15.3 Å². The molecule has 0 aliphatic rings. The van der Waals surface area contributed by atoms with Crippen LogP contribution >= 0.6 is 22.6 Å². The van der Waals surface area contributed by atoms with E-state index in [9.17, 15) is 10.1 Å². The summed E-state index contributed by atoms with van der Waals surface area (Å²) in [5.74, 6) is 1.67. The first kappa shape index (κ1) is 16.9. The van der Waals surface area contributed by atoms with Crippen LogP contribution in [0.5, 0.6) is 11.5 Å². The fourth-order valence-corrected chi connectivity index (χ4v) is 2.59. The lowest BCUT2D eigenvalue weighted by atomic mass is 10.2. The number of nitrogens with zero attached hydrogens (tertiary/aromatic N) is 3. The summed E-state index contributed by atoms with van der Waals surface area (Å²) in [6, 6.07) is 6.50. The molecule has 0 saturated carbocycles. The molecule has 0 bridgehead atoms. The quantitative estimate of drug-likeness (QED) is 0.329. The minimum atomic E-state index is -0.508. The Labute approximate surface area is 145 Å². The van der Waals surface area contributed by atoms with Crippen LogP contribution in [0.1, 0.15) is 5.56 Å². The fraction of sp³-hybridized carbons (Fsp3) is 0.143. The van der Waals surface area contributed by atoms with Crippen LogP contribution in [0.25, 0.3) is 0 Å². The van der Waals surface area contributed by atoms with Gasteiger partial charge in [0.1, 0.15) is 12.0 Å². The summed E-state index contributed by atoms with van der Waals surface area (Å²) >= 11 is 2.14. The lowest BCUT2D eigenvalue weighted by Gasteiger charge is -2.10. The van der Waals surface area contributed by atoms with Crippen molar-refractivity contribution in [2.75, 3.05) is 19.6 Å². The topological polar surface area (TPSA) is 98.9 Å². The van der Waals surface area contributed by atoms with Crippen LogP contribution in [0.3, 0.4) is 0 Å². The van der Waals surface area contributed by atoms with Gasteiger partial charge in [0.2, 0.25) is 0 Å². The van der Waals surface area contributed by atoms with Crippen molar-refractivity contribution in [2.24, 2.45) is 5.10 Å². The molecular formula is C14H13IN4O4. The second-order valence-electron chi connectivity index (χ2n) is 4.27. The van der Waals surface area contributed by atoms with Gasteiger partial charge in [-0.3, -0.25) is 15.5 Å². The molecule has 0 aliphatic carbocycles. The summed E-state index contributed by atoms with van der Waals surface area (Å²) in [4.78, 5) is 13.9. The summed E-state index contributed by atoms with van der Waals surface area (Å²) in [5.41, 5.74) is 3.44. The summed E-state index contributed by atoms with van der Waals surface area (Å²) in [6.45, 7) is 0. The molecule has 0 fully saturated rings.